The topological polar surface area (TPSA) is 189 Å². The molecule has 3 heterocycles. The number of amides is 2. The molecule has 2 N–H and O–H groups in total. The quantitative estimate of drug-likeness (QED) is 0.0792. The van der Waals surface area contributed by atoms with Gasteiger partial charge in [0.2, 0.25) is 5.52 Å². The van der Waals surface area contributed by atoms with Crippen molar-refractivity contribution in [3.63, 3.8) is 0 Å². The second kappa shape index (κ2) is 17.6. The zero-order chi connectivity index (χ0) is 37.3. The molecule has 0 saturated carbocycles. The van der Waals surface area contributed by atoms with Crippen LogP contribution < -0.4 is 14.2 Å². The summed E-state index contributed by atoms with van der Waals surface area (Å²) >= 11 is 1.52. The predicted molar refractivity (Wildman–Crippen MR) is 196 cm³/mol. The third-order valence-corrected chi connectivity index (χ3v) is 11.3. The van der Waals surface area contributed by atoms with Crippen molar-refractivity contribution < 1.29 is 54.5 Å². The highest BCUT2D eigenvalue weighted by atomic mass is 32.2. The molecule has 52 heavy (non-hydrogen) atoms. The number of ether oxygens (including phenoxy) is 1. The first kappa shape index (κ1) is 39.1. The smallest absolute Gasteiger partial charge is 0.333 e. The van der Waals surface area contributed by atoms with Crippen molar-refractivity contribution in [3.05, 3.63) is 65.2 Å². The van der Waals surface area contributed by atoms with E-state index in [9.17, 15) is 35.8 Å². The molecule has 0 bridgehead atoms. The maximum absolute atomic E-state index is 12.1. The maximum atomic E-state index is 12.1. The molecule has 2 amide bonds. The van der Waals surface area contributed by atoms with E-state index in [0.717, 1.165) is 64.4 Å². The van der Waals surface area contributed by atoms with Crippen LogP contribution in [0.2, 0.25) is 0 Å². The molecule has 280 valence electrons. The Hall–Kier alpha value is -4.16. The number of hydroxylamine groups is 2. The third-order valence-electron chi connectivity index (χ3n) is 8.59. The van der Waals surface area contributed by atoms with E-state index >= 15 is 0 Å². The number of nitrogens with zero attached hydrogens (tertiary/aromatic N) is 3. The van der Waals surface area contributed by atoms with E-state index in [1.54, 1.807) is 12.1 Å². The number of imide groups is 1. The lowest BCUT2D eigenvalue weighted by molar-refractivity contribution is -0.668. The molecule has 0 atom stereocenters. The number of unbranched alkanes of at least 4 members (excludes halogenated alkanes) is 2. The molecule has 0 unspecified atom stereocenters. The van der Waals surface area contributed by atoms with Crippen LogP contribution in [-0.2, 0) is 46.0 Å². The number of carbonyl (C=O) groups excluding carboxylic acids is 3. The summed E-state index contributed by atoms with van der Waals surface area (Å²) in [4.78, 5) is 42.7. The highest BCUT2D eigenvalue weighted by Gasteiger charge is 2.32. The first-order chi connectivity index (χ1) is 24.8. The van der Waals surface area contributed by atoms with Gasteiger partial charge in [0.05, 0.1) is 24.2 Å². The summed E-state index contributed by atoms with van der Waals surface area (Å²) < 4.78 is 71.8. The summed E-state index contributed by atoms with van der Waals surface area (Å²) in [5.74, 6) is -1.86. The number of aromatic nitrogens is 1. The molecule has 0 spiro atoms. The second-order valence-electron chi connectivity index (χ2n) is 12.5. The van der Waals surface area contributed by atoms with Crippen LogP contribution in [0.3, 0.4) is 0 Å². The number of para-hydroxylation sites is 1. The maximum Gasteiger partial charge on any atom is 0.333 e. The molecular formula is C35H42N3O11S3+. The summed E-state index contributed by atoms with van der Waals surface area (Å²) in [5, 5.41) is 1.44. The minimum Gasteiger partial charge on any atom is -0.493 e. The van der Waals surface area contributed by atoms with Gasteiger partial charge < -0.3 is 14.5 Å². The number of carbonyl (C=O) groups is 3. The highest BCUT2D eigenvalue weighted by Crippen LogP contribution is 2.35. The van der Waals surface area contributed by atoms with Crippen LogP contribution >= 0.6 is 11.3 Å². The van der Waals surface area contributed by atoms with Crippen molar-refractivity contribution in [1.82, 2.24) is 5.06 Å². The van der Waals surface area contributed by atoms with E-state index in [1.807, 2.05) is 34.9 Å². The lowest BCUT2D eigenvalue weighted by Crippen LogP contribution is -2.36. The number of allylic oxidation sites excluding steroid dienone is 2. The lowest BCUT2D eigenvalue weighted by Gasteiger charge is -2.32. The van der Waals surface area contributed by atoms with Crippen molar-refractivity contribution >= 4 is 76.9 Å². The Kier molecular flexibility index (Phi) is 13.2. The largest absolute Gasteiger partial charge is 0.493 e. The number of hydrogen-bond donors (Lipinski definition) is 2. The van der Waals surface area contributed by atoms with Gasteiger partial charge in [-0.05, 0) is 49.5 Å². The summed E-state index contributed by atoms with van der Waals surface area (Å²) in [6.45, 7) is 2.01. The average Bonchev–Trinajstić information content (AvgIpc) is 3.59. The summed E-state index contributed by atoms with van der Waals surface area (Å²) in [7, 11) is -8.22. The molecule has 5 rings (SSSR count). The Balaban J connectivity index is 1.22. The fourth-order valence-corrected chi connectivity index (χ4v) is 8.16. The Bertz CT molecular complexity index is 2060. The zero-order valence-corrected chi connectivity index (χ0v) is 31.0. The second-order valence-corrected chi connectivity index (χ2v) is 16.7. The zero-order valence-electron chi connectivity index (χ0n) is 28.5. The summed E-state index contributed by atoms with van der Waals surface area (Å²) in [5.41, 5.74) is 4.20. The molecule has 2 aliphatic heterocycles. The number of thiazole rings is 1. The molecule has 3 aromatic rings. The number of aryl methyl sites for hydroxylation is 1. The standard InChI is InChI=1S/C35H41N3O11S3/c39-32-16-17-33(40)38(32)49-35(41)13-2-1-5-19-36-21-18-26(28-10-3-4-11-29(28)36)9-6-12-34-37(20-7-23-51(42,43)44)30-25-27(14-15-31(30)50-34)48-22-8-24-52(45,46)47/h3-4,6,9-12,14-15,25H,1-2,5,7-8,13,16-24H2,(H-,42,43,44,45,46,47)/p+1. The summed E-state index contributed by atoms with van der Waals surface area (Å²) in [6, 6.07) is 13.6. The van der Waals surface area contributed by atoms with Gasteiger partial charge in [-0.2, -0.15) is 21.4 Å². The molecule has 1 fully saturated rings. The number of fused-ring (bicyclic) bond motifs is 2. The lowest BCUT2D eigenvalue weighted by atomic mass is 9.95. The molecule has 0 radical (unpaired) electrons. The van der Waals surface area contributed by atoms with Crippen LogP contribution in [0.4, 0.5) is 5.69 Å². The minimum absolute atomic E-state index is 0.0658. The van der Waals surface area contributed by atoms with E-state index in [0.29, 0.717) is 23.8 Å². The Morgan fingerprint density at radius 2 is 1.63 bits per heavy atom. The van der Waals surface area contributed by atoms with Gasteiger partial charge in [-0.1, -0.05) is 48.1 Å². The van der Waals surface area contributed by atoms with Crippen LogP contribution in [0.5, 0.6) is 5.75 Å². The van der Waals surface area contributed by atoms with Crippen LogP contribution in [0.15, 0.2) is 54.6 Å². The first-order valence-corrected chi connectivity index (χ1v) is 21.1. The average molecular weight is 777 g/mol. The first-order valence-electron chi connectivity index (χ1n) is 17.0. The fourth-order valence-electron chi connectivity index (χ4n) is 6.10. The highest BCUT2D eigenvalue weighted by molar-refractivity contribution is 7.86. The molecule has 2 aromatic carbocycles. The van der Waals surface area contributed by atoms with E-state index in [1.165, 1.54) is 11.3 Å². The number of benzene rings is 2. The van der Waals surface area contributed by atoms with Gasteiger partial charge in [0.1, 0.15) is 10.4 Å². The van der Waals surface area contributed by atoms with Crippen molar-refractivity contribution in [2.75, 3.05) is 36.1 Å². The van der Waals surface area contributed by atoms with E-state index < -0.39 is 43.8 Å². The van der Waals surface area contributed by atoms with Gasteiger partial charge in [0.25, 0.3) is 37.1 Å². The van der Waals surface area contributed by atoms with Crippen molar-refractivity contribution in [1.29, 1.82) is 0 Å². The van der Waals surface area contributed by atoms with Crippen molar-refractivity contribution in [3.8, 4) is 5.75 Å². The van der Waals surface area contributed by atoms with Crippen LogP contribution in [0.25, 0.3) is 21.9 Å². The molecule has 0 aliphatic carbocycles. The third kappa shape index (κ3) is 11.2. The van der Waals surface area contributed by atoms with Gasteiger partial charge in [0.15, 0.2) is 6.54 Å². The van der Waals surface area contributed by atoms with Crippen LogP contribution in [0, 0.1) is 0 Å². The van der Waals surface area contributed by atoms with E-state index in [4.69, 9.17) is 14.1 Å². The van der Waals surface area contributed by atoms with Gasteiger partial charge in [0, 0.05) is 56.1 Å². The summed E-state index contributed by atoms with van der Waals surface area (Å²) in [6.07, 6.45) is 9.60. The SMILES string of the molecule is O=C(CCCCCN1CC/C(=C\C=C\c2sc3ccc(OCCCS(=O)(=O)O)cc3[n+]2CCCS(=O)(=O)O)c2ccccc21)ON1C(=O)CCC1=O. The predicted octanol–water partition coefficient (Wildman–Crippen LogP) is 4.60. The minimum atomic E-state index is -4.14. The molecular weight excluding hydrogens is 735 g/mol. The van der Waals surface area contributed by atoms with Crippen molar-refractivity contribution in [2.45, 2.75) is 64.3 Å². The van der Waals surface area contributed by atoms with Gasteiger partial charge in [-0.15, -0.1) is 5.06 Å². The Labute approximate surface area is 306 Å². The monoisotopic (exact) mass is 776 g/mol. The molecule has 2 aliphatic rings. The van der Waals surface area contributed by atoms with Gasteiger partial charge in [-0.25, -0.2) is 4.79 Å². The van der Waals surface area contributed by atoms with Gasteiger partial charge in [-0.3, -0.25) is 18.7 Å². The Morgan fingerprint density at radius 3 is 2.38 bits per heavy atom. The molecule has 14 nitrogen and oxygen atoms in total. The van der Waals surface area contributed by atoms with Crippen LogP contribution in [0.1, 0.15) is 68.4 Å². The van der Waals surface area contributed by atoms with Crippen LogP contribution in [-0.4, -0.2) is 80.0 Å². The van der Waals surface area contributed by atoms with Gasteiger partial charge >= 0.3 is 5.97 Å². The number of anilines is 1. The normalized spacial score (nSPS) is 16.0. The molecule has 17 heteroatoms. The number of rotatable bonds is 18. The van der Waals surface area contributed by atoms with E-state index in [2.05, 4.69) is 23.1 Å². The van der Waals surface area contributed by atoms with Crippen molar-refractivity contribution in [2.24, 2.45) is 0 Å². The fraction of sp³-hybridized carbons (Fsp3) is 0.429. The Morgan fingerprint density at radius 1 is 0.904 bits per heavy atom. The molecule has 1 saturated heterocycles. The number of hydrogen-bond acceptors (Lipinski definition) is 11. The van der Waals surface area contributed by atoms with E-state index in [-0.39, 0.29) is 44.5 Å². The molecule has 1 aromatic heterocycles.